The first-order valence-corrected chi connectivity index (χ1v) is 13.7. The lowest BCUT2D eigenvalue weighted by Gasteiger charge is -2.53. The van der Waals surface area contributed by atoms with E-state index in [1.54, 1.807) is 62.8 Å². The first kappa shape index (κ1) is 29.5. The standard InChI is InChI=1S/C32H35NO9/c1-36-24-13-9-22(10-14-24)29(34)33-28-26(41-30(35)23-11-15-25(37-2)16-12-23)17-32(31(38-3)40-19-27(28)42-32)20-39-18-21-7-5-4-6-8-21/h4-16,26-28,31H,17-20H2,1-3H3,(H,33,34)/t26-,27+,28-,31+,32-/m1/s1. The quantitative estimate of drug-likeness (QED) is 0.341. The SMILES string of the molecule is COc1ccc(C(=O)N[C@H]2[C@@H]3CO[C@H](OC)[C@](COCc4ccccc4)(C[C@H]2OC(=O)c2ccc(OC)cc2)O3)cc1. The average molecular weight is 578 g/mol. The molecule has 0 spiro atoms. The van der Waals surface area contributed by atoms with Gasteiger partial charge in [-0.1, -0.05) is 30.3 Å². The van der Waals surface area contributed by atoms with Crippen molar-refractivity contribution in [2.75, 3.05) is 34.5 Å². The first-order chi connectivity index (χ1) is 20.4. The number of carbonyl (C=O) groups is 2. The van der Waals surface area contributed by atoms with Gasteiger partial charge in [0.15, 0.2) is 6.29 Å². The van der Waals surface area contributed by atoms with Crippen LogP contribution in [-0.4, -0.2) is 76.6 Å². The van der Waals surface area contributed by atoms with Gasteiger partial charge in [0.1, 0.15) is 29.3 Å². The van der Waals surface area contributed by atoms with Crippen LogP contribution in [0.5, 0.6) is 11.5 Å². The van der Waals surface area contributed by atoms with E-state index in [2.05, 4.69) is 5.32 Å². The Morgan fingerprint density at radius 3 is 2.14 bits per heavy atom. The van der Waals surface area contributed by atoms with Crippen LogP contribution >= 0.6 is 0 Å². The van der Waals surface area contributed by atoms with Crippen molar-refractivity contribution in [1.82, 2.24) is 5.32 Å². The van der Waals surface area contributed by atoms with Crippen molar-refractivity contribution >= 4 is 11.9 Å². The number of rotatable bonds is 11. The monoisotopic (exact) mass is 577 g/mol. The molecule has 0 radical (unpaired) electrons. The summed E-state index contributed by atoms with van der Waals surface area (Å²) in [6, 6.07) is 22.4. The highest BCUT2D eigenvalue weighted by molar-refractivity contribution is 5.94. The van der Waals surface area contributed by atoms with Crippen LogP contribution < -0.4 is 14.8 Å². The summed E-state index contributed by atoms with van der Waals surface area (Å²) in [5.41, 5.74) is 0.685. The van der Waals surface area contributed by atoms with E-state index in [1.165, 1.54) is 7.11 Å². The molecule has 2 bridgehead atoms. The Morgan fingerprint density at radius 2 is 1.52 bits per heavy atom. The number of hydrogen-bond acceptors (Lipinski definition) is 9. The van der Waals surface area contributed by atoms with Gasteiger partial charge in [0.05, 0.1) is 45.6 Å². The molecule has 10 heteroatoms. The molecule has 2 heterocycles. The molecule has 222 valence electrons. The lowest BCUT2D eigenvalue weighted by molar-refractivity contribution is -0.350. The van der Waals surface area contributed by atoms with Crippen LogP contribution in [0.2, 0.25) is 0 Å². The van der Waals surface area contributed by atoms with Crippen molar-refractivity contribution in [2.24, 2.45) is 0 Å². The summed E-state index contributed by atoms with van der Waals surface area (Å²) in [7, 11) is 4.64. The van der Waals surface area contributed by atoms with Gasteiger partial charge in [0, 0.05) is 19.1 Å². The van der Waals surface area contributed by atoms with E-state index in [0.29, 0.717) is 29.2 Å². The lowest BCUT2D eigenvalue weighted by Crippen LogP contribution is -2.70. The largest absolute Gasteiger partial charge is 0.497 e. The van der Waals surface area contributed by atoms with Gasteiger partial charge in [-0.25, -0.2) is 4.79 Å². The second kappa shape index (κ2) is 13.3. The molecule has 2 aliphatic rings. The number of nitrogens with one attached hydrogen (secondary N) is 1. The lowest BCUT2D eigenvalue weighted by atomic mass is 9.84. The highest BCUT2D eigenvalue weighted by atomic mass is 16.7. The zero-order chi connectivity index (χ0) is 29.5. The normalized spacial score (nSPS) is 24.8. The molecule has 0 unspecified atom stereocenters. The molecular weight excluding hydrogens is 542 g/mol. The molecule has 5 atom stereocenters. The molecule has 1 amide bonds. The van der Waals surface area contributed by atoms with Gasteiger partial charge in [0.2, 0.25) is 0 Å². The van der Waals surface area contributed by atoms with Crippen molar-refractivity contribution in [1.29, 1.82) is 0 Å². The summed E-state index contributed by atoms with van der Waals surface area (Å²) in [5.74, 6) is 0.358. The molecule has 0 aromatic heterocycles. The molecule has 10 nitrogen and oxygen atoms in total. The molecule has 2 fully saturated rings. The third-order valence-electron chi connectivity index (χ3n) is 7.48. The molecule has 3 aromatic carbocycles. The van der Waals surface area contributed by atoms with Crippen molar-refractivity contribution in [3.63, 3.8) is 0 Å². The molecule has 5 rings (SSSR count). The van der Waals surface area contributed by atoms with Gasteiger partial charge in [-0.3, -0.25) is 4.79 Å². The number of amides is 1. The van der Waals surface area contributed by atoms with Crippen LogP contribution in [0.15, 0.2) is 78.9 Å². The average Bonchev–Trinajstić information content (AvgIpc) is 3.03. The second-order valence-corrected chi connectivity index (χ2v) is 10.2. The third-order valence-corrected chi connectivity index (χ3v) is 7.48. The van der Waals surface area contributed by atoms with E-state index >= 15 is 0 Å². The summed E-state index contributed by atoms with van der Waals surface area (Å²) in [6.07, 6.45) is -2.03. The predicted octanol–water partition coefficient (Wildman–Crippen LogP) is 3.78. The Labute approximate surface area is 244 Å². The topological polar surface area (TPSA) is 111 Å². The first-order valence-electron chi connectivity index (χ1n) is 13.7. The van der Waals surface area contributed by atoms with E-state index in [0.717, 1.165) is 5.56 Å². The Kier molecular flexibility index (Phi) is 9.38. The third kappa shape index (κ3) is 6.57. The summed E-state index contributed by atoms with van der Waals surface area (Å²) in [4.78, 5) is 26.7. The zero-order valence-corrected chi connectivity index (χ0v) is 23.8. The zero-order valence-electron chi connectivity index (χ0n) is 23.8. The minimum absolute atomic E-state index is 0.114. The smallest absolute Gasteiger partial charge is 0.338 e. The summed E-state index contributed by atoms with van der Waals surface area (Å²) in [5, 5.41) is 3.02. The Morgan fingerprint density at radius 1 is 0.881 bits per heavy atom. The van der Waals surface area contributed by atoms with Crippen LogP contribution in [-0.2, 0) is 30.3 Å². The van der Waals surface area contributed by atoms with Gasteiger partial charge in [-0.15, -0.1) is 0 Å². The van der Waals surface area contributed by atoms with Gasteiger partial charge in [-0.05, 0) is 54.1 Å². The maximum atomic E-state index is 13.3. The van der Waals surface area contributed by atoms with E-state index in [4.69, 9.17) is 33.2 Å². The van der Waals surface area contributed by atoms with Crippen molar-refractivity contribution < 1.29 is 42.7 Å². The van der Waals surface area contributed by atoms with Crippen molar-refractivity contribution in [2.45, 2.75) is 43.2 Å². The molecule has 2 saturated heterocycles. The number of esters is 1. The molecule has 2 aliphatic heterocycles. The highest BCUT2D eigenvalue weighted by Crippen LogP contribution is 2.40. The maximum absolute atomic E-state index is 13.3. The number of hydrogen-bond donors (Lipinski definition) is 1. The minimum Gasteiger partial charge on any atom is -0.497 e. The highest BCUT2D eigenvalue weighted by Gasteiger charge is 2.57. The number of methoxy groups -OCH3 is 3. The van der Waals surface area contributed by atoms with Crippen LogP contribution in [0.1, 0.15) is 32.7 Å². The fourth-order valence-corrected chi connectivity index (χ4v) is 5.32. The molecule has 42 heavy (non-hydrogen) atoms. The number of ether oxygens (including phenoxy) is 7. The van der Waals surface area contributed by atoms with Gasteiger partial charge in [-0.2, -0.15) is 0 Å². The number of benzene rings is 3. The van der Waals surface area contributed by atoms with E-state index in [-0.39, 0.29) is 25.5 Å². The van der Waals surface area contributed by atoms with Gasteiger partial charge in [0.25, 0.3) is 5.91 Å². The van der Waals surface area contributed by atoms with Crippen LogP contribution in [0.25, 0.3) is 0 Å². The number of fused-ring (bicyclic) bond motifs is 2. The summed E-state index contributed by atoms with van der Waals surface area (Å²) in [6.45, 7) is 0.580. The van der Waals surface area contributed by atoms with Crippen LogP contribution in [0, 0.1) is 0 Å². The van der Waals surface area contributed by atoms with E-state index < -0.39 is 36.1 Å². The fraction of sp³-hybridized carbons (Fsp3) is 0.375. The van der Waals surface area contributed by atoms with Crippen LogP contribution in [0.3, 0.4) is 0 Å². The van der Waals surface area contributed by atoms with Gasteiger partial charge < -0.3 is 38.5 Å². The summed E-state index contributed by atoms with van der Waals surface area (Å²) >= 11 is 0. The Bertz CT molecular complexity index is 1330. The van der Waals surface area contributed by atoms with Crippen LogP contribution in [0.4, 0.5) is 0 Å². The number of carbonyl (C=O) groups excluding carboxylic acids is 2. The van der Waals surface area contributed by atoms with Crippen molar-refractivity contribution in [3.05, 3.63) is 95.6 Å². The molecule has 0 aliphatic carbocycles. The second-order valence-electron chi connectivity index (χ2n) is 10.2. The Hall–Kier alpha value is -3.96. The Balaban J connectivity index is 1.39. The summed E-state index contributed by atoms with van der Waals surface area (Å²) < 4.78 is 40.9. The molecule has 3 aromatic rings. The minimum atomic E-state index is -1.08. The molecule has 0 saturated carbocycles. The van der Waals surface area contributed by atoms with E-state index in [9.17, 15) is 9.59 Å². The molecular formula is C32H35NO9. The van der Waals surface area contributed by atoms with E-state index in [1.807, 2.05) is 30.3 Å². The predicted molar refractivity (Wildman–Crippen MR) is 152 cm³/mol. The maximum Gasteiger partial charge on any atom is 0.338 e. The van der Waals surface area contributed by atoms with Crippen molar-refractivity contribution in [3.8, 4) is 11.5 Å². The van der Waals surface area contributed by atoms with Gasteiger partial charge >= 0.3 is 5.97 Å². The fourth-order valence-electron chi connectivity index (χ4n) is 5.32. The molecule has 1 N–H and O–H groups in total.